The monoisotopic (exact) mass is 582 g/mol. The minimum Gasteiger partial charge on any atom is -0.340 e. The summed E-state index contributed by atoms with van der Waals surface area (Å²) in [4.78, 5) is 22.1. The van der Waals surface area contributed by atoms with E-state index in [2.05, 4.69) is 39.0 Å². The molecule has 0 unspecified atom stereocenters. The highest BCUT2D eigenvalue weighted by atomic mass is 35.5. The average molecular weight is 585 g/mol. The molecule has 35 heavy (non-hydrogen) atoms. The number of amides is 1. The smallest absolute Gasteiger partial charge is 0.223 e. The fourth-order valence-corrected chi connectivity index (χ4v) is 4.69. The maximum Gasteiger partial charge on any atom is 0.223 e. The van der Waals surface area contributed by atoms with Crippen molar-refractivity contribution in [2.24, 2.45) is 0 Å². The predicted molar refractivity (Wildman–Crippen MR) is 153 cm³/mol. The molecular formula is C25H35Cl5N4O. The Bertz CT molecular complexity index is 868. The number of nitrogens with zero attached hydrogens (tertiary/aromatic N) is 4. The van der Waals surface area contributed by atoms with E-state index in [0.29, 0.717) is 12.3 Å². The number of hydrogen-bond acceptors (Lipinski definition) is 4. The Morgan fingerprint density at radius 3 is 1.40 bits per heavy atom. The fraction of sp³-hybridized carbons (Fsp3) is 0.480. The molecule has 5 nitrogen and oxygen atoms in total. The van der Waals surface area contributed by atoms with Crippen LogP contribution in [0.15, 0.2) is 48.5 Å². The summed E-state index contributed by atoms with van der Waals surface area (Å²) in [5.41, 5.74) is 2.57. The quantitative estimate of drug-likeness (QED) is 0.453. The van der Waals surface area contributed by atoms with Crippen molar-refractivity contribution in [1.29, 1.82) is 0 Å². The van der Waals surface area contributed by atoms with Crippen molar-refractivity contribution in [1.82, 2.24) is 19.6 Å². The Labute approximate surface area is 237 Å². The van der Waals surface area contributed by atoms with Crippen LogP contribution >= 0.6 is 60.4 Å². The van der Waals surface area contributed by atoms with Gasteiger partial charge in [-0.05, 0) is 35.4 Å². The van der Waals surface area contributed by atoms with E-state index in [1.807, 2.05) is 29.2 Å². The molecule has 2 fully saturated rings. The molecule has 0 aliphatic carbocycles. The number of halogens is 5. The highest BCUT2D eigenvalue weighted by Crippen LogP contribution is 2.15. The molecule has 2 heterocycles. The first-order chi connectivity index (χ1) is 15.5. The summed E-state index contributed by atoms with van der Waals surface area (Å²) >= 11 is 11.9. The number of carbonyl (C=O) groups is 1. The lowest BCUT2D eigenvalue weighted by atomic mass is 10.2. The van der Waals surface area contributed by atoms with Crippen LogP contribution in [0.1, 0.15) is 17.5 Å². The van der Waals surface area contributed by atoms with Gasteiger partial charge in [0.2, 0.25) is 5.91 Å². The van der Waals surface area contributed by atoms with Crippen molar-refractivity contribution >= 4 is 66.3 Å². The molecule has 0 spiro atoms. The van der Waals surface area contributed by atoms with Crippen LogP contribution in [0.5, 0.6) is 0 Å². The van der Waals surface area contributed by atoms with Crippen LogP contribution < -0.4 is 0 Å². The second-order valence-corrected chi connectivity index (χ2v) is 9.65. The van der Waals surface area contributed by atoms with Gasteiger partial charge in [-0.25, -0.2) is 0 Å². The second kappa shape index (κ2) is 16.2. The SMILES string of the molecule is Cl.Cl.Cl.O=C(CCN1CCN(Cc2ccc(Cl)cc2)CC1)N1CCN(Cc2ccc(Cl)cc2)CC1. The molecular weight excluding hydrogens is 550 g/mol. The Hall–Kier alpha value is -0.760. The molecule has 2 aromatic rings. The van der Waals surface area contributed by atoms with Gasteiger partial charge in [-0.1, -0.05) is 47.5 Å². The predicted octanol–water partition coefficient (Wildman–Crippen LogP) is 5.11. The molecule has 0 saturated carbocycles. The molecule has 2 saturated heterocycles. The van der Waals surface area contributed by atoms with E-state index in [1.54, 1.807) is 0 Å². The van der Waals surface area contributed by atoms with Gasteiger partial charge >= 0.3 is 0 Å². The largest absolute Gasteiger partial charge is 0.340 e. The Morgan fingerprint density at radius 1 is 0.600 bits per heavy atom. The molecule has 10 heteroatoms. The molecule has 196 valence electrons. The lowest BCUT2D eigenvalue weighted by Gasteiger charge is -2.36. The standard InChI is InChI=1S/C25H32Cl2N4O.3ClH/c26-23-5-1-21(2-6-23)19-29-13-11-28(12-14-29)10-9-25(32)31-17-15-30(16-18-31)20-22-3-7-24(27)8-4-22;;;/h1-8H,9-20H2;3*1H. The van der Waals surface area contributed by atoms with Gasteiger partial charge in [0.05, 0.1) is 0 Å². The number of hydrogen-bond donors (Lipinski definition) is 0. The van der Waals surface area contributed by atoms with Gasteiger partial charge in [0.15, 0.2) is 0 Å². The molecule has 4 rings (SSSR count). The Kier molecular flexibility index (Phi) is 14.9. The summed E-state index contributed by atoms with van der Waals surface area (Å²) in [6, 6.07) is 16.1. The van der Waals surface area contributed by atoms with Crippen molar-refractivity contribution < 1.29 is 4.79 Å². The van der Waals surface area contributed by atoms with E-state index in [0.717, 1.165) is 82.0 Å². The molecule has 0 atom stereocenters. The zero-order chi connectivity index (χ0) is 22.3. The van der Waals surface area contributed by atoms with E-state index < -0.39 is 0 Å². The van der Waals surface area contributed by atoms with Gasteiger partial charge < -0.3 is 9.80 Å². The van der Waals surface area contributed by atoms with Crippen molar-refractivity contribution in [3.63, 3.8) is 0 Å². The van der Waals surface area contributed by atoms with E-state index in [9.17, 15) is 4.79 Å². The number of piperazine rings is 2. The van der Waals surface area contributed by atoms with Gasteiger partial charge in [0, 0.05) is 88.5 Å². The first kappa shape index (κ1) is 32.3. The van der Waals surface area contributed by atoms with E-state index in [4.69, 9.17) is 23.2 Å². The highest BCUT2D eigenvalue weighted by molar-refractivity contribution is 6.30. The topological polar surface area (TPSA) is 30.0 Å². The zero-order valence-electron chi connectivity index (χ0n) is 19.8. The van der Waals surface area contributed by atoms with Gasteiger partial charge in [0.25, 0.3) is 0 Å². The Morgan fingerprint density at radius 2 is 0.971 bits per heavy atom. The third-order valence-corrected chi connectivity index (χ3v) is 6.97. The summed E-state index contributed by atoms with van der Waals surface area (Å²) in [5, 5.41) is 1.55. The van der Waals surface area contributed by atoms with Crippen LogP contribution in [-0.4, -0.2) is 84.4 Å². The molecule has 2 aromatic carbocycles. The number of rotatable bonds is 7. The summed E-state index contributed by atoms with van der Waals surface area (Å²) in [7, 11) is 0. The minimum absolute atomic E-state index is 0. The van der Waals surface area contributed by atoms with Gasteiger partial charge in [-0.2, -0.15) is 0 Å². The lowest BCUT2D eigenvalue weighted by Crippen LogP contribution is -2.50. The first-order valence-electron chi connectivity index (χ1n) is 11.5. The maximum absolute atomic E-state index is 12.7. The molecule has 0 radical (unpaired) electrons. The van der Waals surface area contributed by atoms with Gasteiger partial charge in [-0.3, -0.25) is 14.6 Å². The third kappa shape index (κ3) is 10.3. The first-order valence-corrected chi connectivity index (χ1v) is 12.2. The van der Waals surface area contributed by atoms with Crippen LogP contribution in [0.4, 0.5) is 0 Å². The summed E-state index contributed by atoms with van der Waals surface area (Å²) in [6.07, 6.45) is 0.619. The minimum atomic E-state index is 0. The lowest BCUT2D eigenvalue weighted by molar-refractivity contribution is -0.133. The average Bonchev–Trinajstić information content (AvgIpc) is 2.82. The normalized spacial score (nSPS) is 17.1. The maximum atomic E-state index is 12.7. The van der Waals surface area contributed by atoms with Crippen molar-refractivity contribution in [3.8, 4) is 0 Å². The second-order valence-electron chi connectivity index (χ2n) is 8.78. The van der Waals surface area contributed by atoms with Crippen LogP contribution in [-0.2, 0) is 17.9 Å². The summed E-state index contributed by atoms with van der Waals surface area (Å²) in [5.74, 6) is 0.291. The van der Waals surface area contributed by atoms with Crippen molar-refractivity contribution in [3.05, 3.63) is 69.7 Å². The third-order valence-electron chi connectivity index (χ3n) is 6.47. The van der Waals surface area contributed by atoms with E-state index in [1.165, 1.54) is 11.1 Å². The van der Waals surface area contributed by atoms with Crippen molar-refractivity contribution in [2.75, 3.05) is 58.9 Å². The molecule has 2 aliphatic rings. The highest BCUT2D eigenvalue weighted by Gasteiger charge is 2.23. The van der Waals surface area contributed by atoms with Gasteiger partial charge in [0.1, 0.15) is 0 Å². The van der Waals surface area contributed by atoms with Crippen LogP contribution in [0.2, 0.25) is 10.0 Å². The molecule has 0 aromatic heterocycles. The Balaban J connectivity index is 0.00000204. The number of carbonyl (C=O) groups excluding carboxylic acids is 1. The zero-order valence-corrected chi connectivity index (χ0v) is 23.7. The van der Waals surface area contributed by atoms with Crippen LogP contribution in [0, 0.1) is 0 Å². The van der Waals surface area contributed by atoms with Gasteiger partial charge in [-0.15, -0.1) is 37.2 Å². The molecule has 0 N–H and O–H groups in total. The van der Waals surface area contributed by atoms with Crippen LogP contribution in [0.25, 0.3) is 0 Å². The molecule has 1 amide bonds. The molecule has 0 bridgehead atoms. The van der Waals surface area contributed by atoms with Crippen LogP contribution in [0.3, 0.4) is 0 Å². The van der Waals surface area contributed by atoms with E-state index >= 15 is 0 Å². The summed E-state index contributed by atoms with van der Waals surface area (Å²) < 4.78 is 0. The van der Waals surface area contributed by atoms with E-state index in [-0.39, 0.29) is 37.2 Å². The number of benzene rings is 2. The fourth-order valence-electron chi connectivity index (χ4n) is 4.43. The molecule has 2 aliphatic heterocycles. The summed E-state index contributed by atoms with van der Waals surface area (Å²) in [6.45, 7) is 10.4. The van der Waals surface area contributed by atoms with Crippen molar-refractivity contribution in [2.45, 2.75) is 19.5 Å².